The van der Waals surface area contributed by atoms with Crippen molar-refractivity contribution in [2.24, 2.45) is 0 Å². The van der Waals surface area contributed by atoms with Gasteiger partial charge >= 0.3 is 0 Å². The Balaban J connectivity index is 2.27. The molecule has 0 bridgehead atoms. The largest absolute Gasteiger partial charge is 0.347 e. The summed E-state index contributed by atoms with van der Waals surface area (Å²) in [5, 5.41) is 1.12. The maximum atomic E-state index is 6.01. The summed E-state index contributed by atoms with van der Waals surface area (Å²) < 4.78 is 0.622. The molecule has 1 aromatic carbocycles. The number of aromatic nitrogens is 2. The molecule has 2 rings (SSSR count). The average molecular weight is 313 g/mol. The highest BCUT2D eigenvalue weighted by Gasteiger charge is 2.04. The Bertz CT molecular complexity index is 638. The Morgan fingerprint density at radius 2 is 2.00 bits per heavy atom. The lowest BCUT2D eigenvalue weighted by atomic mass is 10.1. The first-order valence-corrected chi connectivity index (χ1v) is 7.28. The van der Waals surface area contributed by atoms with Crippen molar-refractivity contribution < 1.29 is 0 Å². The molecule has 19 heavy (non-hydrogen) atoms. The number of aryl methyl sites for hydroxylation is 1. The molecule has 1 aromatic heterocycles. The van der Waals surface area contributed by atoms with Crippen LogP contribution < -0.4 is 0 Å². The van der Waals surface area contributed by atoms with Crippen LogP contribution in [0.15, 0.2) is 24.3 Å². The molecule has 0 atom stereocenters. The fraction of sp³-hybridized carbons (Fsp3) is 0.286. The normalized spacial score (nSPS) is 10.7. The smallest absolute Gasteiger partial charge is 0.130 e. The highest BCUT2D eigenvalue weighted by atomic mass is 35.5. The summed E-state index contributed by atoms with van der Waals surface area (Å²) in [6.45, 7) is 2.13. The first-order chi connectivity index (χ1) is 9.08. The van der Waals surface area contributed by atoms with E-state index in [9.17, 15) is 0 Å². The molecule has 5 heteroatoms. The van der Waals surface area contributed by atoms with E-state index in [1.165, 1.54) is 0 Å². The van der Waals surface area contributed by atoms with E-state index in [0.29, 0.717) is 21.1 Å². The molecule has 0 saturated carbocycles. The van der Waals surface area contributed by atoms with E-state index in [4.69, 9.17) is 35.4 Å². The topological polar surface area (TPSA) is 28.7 Å². The van der Waals surface area contributed by atoms with Gasteiger partial charge < -0.3 is 4.98 Å². The van der Waals surface area contributed by atoms with Crippen LogP contribution in [0.3, 0.4) is 0 Å². The summed E-state index contributed by atoms with van der Waals surface area (Å²) in [6, 6.07) is 7.51. The lowest BCUT2D eigenvalue weighted by molar-refractivity contribution is 0.838. The predicted octanol–water partition coefficient (Wildman–Crippen LogP) is 4.99. The molecule has 2 nitrogen and oxygen atoms in total. The monoisotopic (exact) mass is 312 g/mol. The second-order valence-electron chi connectivity index (χ2n) is 4.37. The van der Waals surface area contributed by atoms with E-state index in [2.05, 4.69) is 16.9 Å². The second-order valence-corrected chi connectivity index (χ2v) is 5.60. The van der Waals surface area contributed by atoms with Crippen LogP contribution in [0.25, 0.3) is 0 Å². The Morgan fingerprint density at radius 3 is 2.68 bits per heavy atom. The van der Waals surface area contributed by atoms with Gasteiger partial charge in [-0.3, -0.25) is 0 Å². The van der Waals surface area contributed by atoms with Gasteiger partial charge in [0.2, 0.25) is 0 Å². The molecule has 0 saturated heterocycles. The Morgan fingerprint density at radius 1 is 1.21 bits per heavy atom. The summed E-state index contributed by atoms with van der Waals surface area (Å²) in [7, 11) is 0. The van der Waals surface area contributed by atoms with Crippen molar-refractivity contribution in [3.8, 4) is 0 Å². The molecule has 0 unspecified atom stereocenters. The quantitative estimate of drug-likeness (QED) is 0.806. The molecule has 0 aliphatic rings. The number of benzene rings is 1. The van der Waals surface area contributed by atoms with E-state index in [-0.39, 0.29) is 0 Å². The Hall–Kier alpha value is -0.900. The zero-order chi connectivity index (χ0) is 13.8. The molecule has 0 radical (unpaired) electrons. The second kappa shape index (κ2) is 6.51. The number of nitrogens with one attached hydrogen (secondary N) is 1. The summed E-state index contributed by atoms with van der Waals surface area (Å²) in [5.41, 5.74) is 2.18. The van der Waals surface area contributed by atoms with Crippen molar-refractivity contribution >= 4 is 35.4 Å². The molecule has 0 fully saturated rings. The third-order valence-electron chi connectivity index (χ3n) is 2.72. The summed E-state index contributed by atoms with van der Waals surface area (Å²) >= 11 is 17.1. The number of nitrogens with zero attached hydrogens (tertiary/aromatic N) is 1. The predicted molar refractivity (Wildman–Crippen MR) is 82.7 cm³/mol. The standard InChI is InChI=1S/C14H14Cl2N2S/c1-2-3-10-8-14(19)18-13(17-10)7-9-4-5-11(15)12(16)6-9/h4-6,8H,2-3,7H2,1H3,(H,17,18,19). The van der Waals surface area contributed by atoms with Crippen molar-refractivity contribution in [2.45, 2.75) is 26.2 Å². The van der Waals surface area contributed by atoms with Gasteiger partial charge in [-0.25, -0.2) is 4.98 Å². The fourth-order valence-corrected chi connectivity index (χ4v) is 2.47. The zero-order valence-corrected chi connectivity index (χ0v) is 12.9. The van der Waals surface area contributed by atoms with Crippen molar-refractivity contribution in [3.63, 3.8) is 0 Å². The minimum absolute atomic E-state index is 0.558. The third-order valence-corrected chi connectivity index (χ3v) is 3.67. The average Bonchev–Trinajstić information content (AvgIpc) is 2.33. The minimum Gasteiger partial charge on any atom is -0.347 e. The van der Waals surface area contributed by atoms with Crippen LogP contribution in [0.5, 0.6) is 0 Å². The van der Waals surface area contributed by atoms with E-state index in [1.54, 1.807) is 6.07 Å². The van der Waals surface area contributed by atoms with E-state index in [1.807, 2.05) is 18.2 Å². The van der Waals surface area contributed by atoms with Crippen molar-refractivity contribution in [1.82, 2.24) is 9.97 Å². The lowest BCUT2D eigenvalue weighted by Crippen LogP contribution is -2.01. The Labute approximate surface area is 127 Å². The van der Waals surface area contributed by atoms with Crippen molar-refractivity contribution in [2.75, 3.05) is 0 Å². The van der Waals surface area contributed by atoms with Crippen LogP contribution in [0.4, 0.5) is 0 Å². The molecular weight excluding hydrogens is 299 g/mol. The van der Waals surface area contributed by atoms with E-state index in [0.717, 1.165) is 29.9 Å². The molecule has 100 valence electrons. The van der Waals surface area contributed by atoms with Gasteiger partial charge in [-0.2, -0.15) is 0 Å². The molecule has 1 heterocycles. The molecule has 0 amide bonds. The first-order valence-electron chi connectivity index (χ1n) is 6.11. The fourth-order valence-electron chi connectivity index (χ4n) is 1.89. The zero-order valence-electron chi connectivity index (χ0n) is 10.5. The third kappa shape index (κ3) is 4.03. The van der Waals surface area contributed by atoms with Crippen LogP contribution in [0, 0.1) is 4.64 Å². The van der Waals surface area contributed by atoms with Gasteiger partial charge in [0.1, 0.15) is 10.5 Å². The number of halogens is 2. The minimum atomic E-state index is 0.558. The number of hydrogen-bond acceptors (Lipinski definition) is 2. The van der Waals surface area contributed by atoms with Gasteiger partial charge in [0.15, 0.2) is 0 Å². The highest BCUT2D eigenvalue weighted by molar-refractivity contribution is 7.71. The summed E-state index contributed by atoms with van der Waals surface area (Å²) in [5.74, 6) is 0.856. The van der Waals surface area contributed by atoms with Gasteiger partial charge in [-0.1, -0.05) is 54.8 Å². The first kappa shape index (κ1) is 14.5. The van der Waals surface area contributed by atoms with Gasteiger partial charge in [-0.05, 0) is 30.2 Å². The summed E-state index contributed by atoms with van der Waals surface area (Å²) in [4.78, 5) is 7.66. The molecule has 0 spiro atoms. The molecule has 0 aliphatic carbocycles. The molecule has 0 aliphatic heterocycles. The van der Waals surface area contributed by atoms with Crippen molar-refractivity contribution in [1.29, 1.82) is 0 Å². The number of rotatable bonds is 4. The van der Waals surface area contributed by atoms with Crippen LogP contribution >= 0.6 is 35.4 Å². The van der Waals surface area contributed by atoms with Crippen LogP contribution in [0.2, 0.25) is 10.0 Å². The molecule has 1 N–H and O–H groups in total. The SMILES string of the molecule is CCCc1cc(=S)nc(Cc2ccc(Cl)c(Cl)c2)[nH]1. The number of hydrogen-bond donors (Lipinski definition) is 1. The number of aromatic amines is 1. The van der Waals surface area contributed by atoms with E-state index >= 15 is 0 Å². The van der Waals surface area contributed by atoms with Crippen LogP contribution in [0.1, 0.15) is 30.4 Å². The maximum Gasteiger partial charge on any atom is 0.130 e. The van der Waals surface area contributed by atoms with Crippen molar-refractivity contribution in [3.05, 3.63) is 56.0 Å². The summed E-state index contributed by atoms with van der Waals surface area (Å²) in [6.07, 6.45) is 2.71. The van der Waals surface area contributed by atoms with Gasteiger partial charge in [0.05, 0.1) is 10.0 Å². The molecular formula is C14H14Cl2N2S. The van der Waals surface area contributed by atoms with Gasteiger partial charge in [0, 0.05) is 12.1 Å². The van der Waals surface area contributed by atoms with Crippen LogP contribution in [-0.4, -0.2) is 9.97 Å². The highest BCUT2D eigenvalue weighted by Crippen LogP contribution is 2.23. The van der Waals surface area contributed by atoms with Crippen LogP contribution in [-0.2, 0) is 12.8 Å². The van der Waals surface area contributed by atoms with Gasteiger partial charge in [-0.15, -0.1) is 0 Å². The molecule has 2 aromatic rings. The Kier molecular flexibility index (Phi) is 4.97. The lowest BCUT2D eigenvalue weighted by Gasteiger charge is -2.06. The maximum absolute atomic E-state index is 6.01. The van der Waals surface area contributed by atoms with E-state index < -0.39 is 0 Å². The van der Waals surface area contributed by atoms with Gasteiger partial charge in [0.25, 0.3) is 0 Å². The number of H-pyrrole nitrogens is 1.